The van der Waals surface area contributed by atoms with Crippen molar-refractivity contribution in [2.45, 2.75) is 13.8 Å². The molecule has 0 atom stereocenters. The highest BCUT2D eigenvalue weighted by Gasteiger charge is 2.27. The van der Waals surface area contributed by atoms with E-state index in [9.17, 15) is 9.59 Å². The lowest BCUT2D eigenvalue weighted by molar-refractivity contribution is -0.136. The number of furan rings is 1. The second-order valence-corrected chi connectivity index (χ2v) is 8.04. The van der Waals surface area contributed by atoms with Gasteiger partial charge < -0.3 is 14.0 Å². The fourth-order valence-electron chi connectivity index (χ4n) is 3.10. The third kappa shape index (κ3) is 4.65. The summed E-state index contributed by atoms with van der Waals surface area (Å²) in [5, 5.41) is 4.19. The summed E-state index contributed by atoms with van der Waals surface area (Å²) in [4.78, 5) is 29.4. The summed E-state index contributed by atoms with van der Waals surface area (Å²) >= 11 is 6.20. The largest absolute Gasteiger partial charge is 0.462 e. The maximum atomic E-state index is 12.4. The predicted molar refractivity (Wildman–Crippen MR) is 121 cm³/mol. The number of halogens is 1. The number of hydrogen-bond donors (Lipinski definition) is 0. The molecule has 0 aliphatic carbocycles. The Morgan fingerprint density at radius 2 is 1.88 bits per heavy atom. The number of oxime groups is 1. The van der Waals surface area contributed by atoms with E-state index in [0.717, 1.165) is 5.56 Å². The Bertz CT molecular complexity index is 1220. The van der Waals surface area contributed by atoms with Gasteiger partial charge in [0, 0.05) is 11.1 Å². The van der Waals surface area contributed by atoms with E-state index in [1.54, 1.807) is 36.4 Å². The van der Waals surface area contributed by atoms with Crippen LogP contribution in [0.15, 0.2) is 75.8 Å². The molecule has 1 aliphatic rings. The first kappa shape index (κ1) is 21.6. The first-order chi connectivity index (χ1) is 15.4. The van der Waals surface area contributed by atoms with Crippen molar-refractivity contribution in [3.05, 3.63) is 88.1 Å². The van der Waals surface area contributed by atoms with Gasteiger partial charge in [-0.25, -0.2) is 9.59 Å². The van der Waals surface area contributed by atoms with Crippen LogP contribution in [0.25, 0.3) is 17.4 Å². The molecule has 162 valence electrons. The van der Waals surface area contributed by atoms with Crippen LogP contribution in [0.1, 0.15) is 35.5 Å². The summed E-state index contributed by atoms with van der Waals surface area (Å²) in [6, 6.07) is 17.7. The molecule has 2 aromatic carbocycles. The van der Waals surface area contributed by atoms with Crippen LogP contribution >= 0.6 is 11.6 Å². The summed E-state index contributed by atoms with van der Waals surface area (Å²) in [5.74, 6) is 0.126. The van der Waals surface area contributed by atoms with Gasteiger partial charge in [0.25, 0.3) is 0 Å². The highest BCUT2D eigenvalue weighted by Crippen LogP contribution is 2.29. The van der Waals surface area contributed by atoms with Crippen molar-refractivity contribution in [2.24, 2.45) is 11.1 Å². The van der Waals surface area contributed by atoms with Crippen LogP contribution in [-0.4, -0.2) is 24.3 Å². The molecule has 0 saturated carbocycles. The van der Waals surface area contributed by atoms with Gasteiger partial charge in [-0.2, -0.15) is 0 Å². The second kappa shape index (κ2) is 9.24. The Morgan fingerprint density at radius 3 is 2.62 bits per heavy atom. The van der Waals surface area contributed by atoms with E-state index in [2.05, 4.69) is 5.16 Å². The van der Waals surface area contributed by atoms with Gasteiger partial charge in [-0.05, 0) is 42.3 Å². The molecule has 0 saturated heterocycles. The molecule has 0 N–H and O–H groups in total. The number of rotatable bonds is 6. The highest BCUT2D eigenvalue weighted by atomic mass is 35.5. The van der Waals surface area contributed by atoms with E-state index in [1.807, 2.05) is 44.2 Å². The smallest absolute Gasteiger partial charge is 0.368 e. The zero-order valence-corrected chi connectivity index (χ0v) is 18.3. The summed E-state index contributed by atoms with van der Waals surface area (Å²) < 4.78 is 11.2. The quantitative estimate of drug-likeness (QED) is 0.271. The topological polar surface area (TPSA) is 78.1 Å². The van der Waals surface area contributed by atoms with Crippen LogP contribution in [0, 0.1) is 5.92 Å². The van der Waals surface area contributed by atoms with Gasteiger partial charge in [-0.15, -0.1) is 0 Å². The van der Waals surface area contributed by atoms with E-state index < -0.39 is 11.9 Å². The van der Waals surface area contributed by atoms with Crippen molar-refractivity contribution in [1.29, 1.82) is 0 Å². The molecule has 32 heavy (non-hydrogen) atoms. The van der Waals surface area contributed by atoms with Gasteiger partial charge in [-0.1, -0.05) is 60.9 Å². The molecule has 0 bridgehead atoms. The maximum absolute atomic E-state index is 12.4. The SMILES string of the molecule is CC(C)COC(=O)c1cc(-c2ccc(C=C3C(=O)ON=C3c3ccccc3)o2)ccc1Cl. The van der Waals surface area contributed by atoms with Crippen LogP contribution in [-0.2, 0) is 14.4 Å². The van der Waals surface area contributed by atoms with Crippen LogP contribution in [0.2, 0.25) is 5.02 Å². The number of benzene rings is 2. The van der Waals surface area contributed by atoms with Gasteiger partial charge in [0.1, 0.15) is 17.2 Å². The van der Waals surface area contributed by atoms with Gasteiger partial charge in [0.15, 0.2) is 0 Å². The van der Waals surface area contributed by atoms with Crippen LogP contribution in [0.4, 0.5) is 0 Å². The van der Waals surface area contributed by atoms with Crippen molar-refractivity contribution in [3.8, 4) is 11.3 Å². The van der Waals surface area contributed by atoms with Gasteiger partial charge >= 0.3 is 11.9 Å². The van der Waals surface area contributed by atoms with Crippen LogP contribution < -0.4 is 0 Å². The Kier molecular flexibility index (Phi) is 6.23. The fraction of sp³-hybridized carbons (Fsp3) is 0.160. The predicted octanol–water partition coefficient (Wildman–Crippen LogP) is 5.76. The average Bonchev–Trinajstić information content (AvgIpc) is 3.40. The Morgan fingerprint density at radius 1 is 1.09 bits per heavy atom. The normalized spacial score (nSPS) is 14.6. The third-order valence-corrected chi connectivity index (χ3v) is 5.00. The summed E-state index contributed by atoms with van der Waals surface area (Å²) in [6.07, 6.45) is 1.58. The molecule has 0 amide bonds. The number of nitrogens with zero attached hydrogens (tertiary/aromatic N) is 1. The van der Waals surface area contributed by atoms with E-state index in [0.29, 0.717) is 40.0 Å². The molecular formula is C25H20ClNO5. The summed E-state index contributed by atoms with van der Waals surface area (Å²) in [6.45, 7) is 4.22. The zero-order valence-electron chi connectivity index (χ0n) is 17.5. The number of hydrogen-bond acceptors (Lipinski definition) is 6. The van der Waals surface area contributed by atoms with Gasteiger partial charge in [-0.3, -0.25) is 0 Å². The van der Waals surface area contributed by atoms with E-state index in [1.165, 1.54) is 0 Å². The molecule has 0 radical (unpaired) electrons. The van der Waals surface area contributed by atoms with E-state index >= 15 is 0 Å². The fourth-order valence-corrected chi connectivity index (χ4v) is 3.29. The molecule has 2 heterocycles. The van der Waals surface area contributed by atoms with E-state index in [4.69, 9.17) is 25.6 Å². The first-order valence-electron chi connectivity index (χ1n) is 10.1. The molecule has 6 nitrogen and oxygen atoms in total. The van der Waals surface area contributed by atoms with Crippen molar-refractivity contribution in [1.82, 2.24) is 0 Å². The zero-order chi connectivity index (χ0) is 22.7. The number of carbonyl (C=O) groups is 2. The minimum Gasteiger partial charge on any atom is -0.462 e. The minimum atomic E-state index is -0.552. The minimum absolute atomic E-state index is 0.216. The Labute approximate surface area is 190 Å². The molecule has 1 aromatic heterocycles. The van der Waals surface area contributed by atoms with Crippen molar-refractivity contribution in [2.75, 3.05) is 6.61 Å². The average molecular weight is 450 g/mol. The van der Waals surface area contributed by atoms with Gasteiger partial charge in [0.2, 0.25) is 0 Å². The Hall–Kier alpha value is -3.64. The second-order valence-electron chi connectivity index (χ2n) is 7.63. The molecule has 4 rings (SSSR count). The highest BCUT2D eigenvalue weighted by molar-refractivity contribution is 6.33. The monoisotopic (exact) mass is 449 g/mol. The number of carbonyl (C=O) groups excluding carboxylic acids is 2. The summed E-state index contributed by atoms with van der Waals surface area (Å²) in [7, 11) is 0. The number of ether oxygens (including phenoxy) is 1. The molecule has 7 heteroatoms. The first-order valence-corrected chi connectivity index (χ1v) is 10.4. The lowest BCUT2D eigenvalue weighted by atomic mass is 10.0. The third-order valence-electron chi connectivity index (χ3n) is 4.67. The van der Waals surface area contributed by atoms with Crippen LogP contribution in [0.3, 0.4) is 0 Å². The number of esters is 1. The lowest BCUT2D eigenvalue weighted by Gasteiger charge is -2.09. The molecular weight excluding hydrogens is 430 g/mol. The van der Waals surface area contributed by atoms with Crippen molar-refractivity contribution < 1.29 is 23.6 Å². The van der Waals surface area contributed by atoms with Gasteiger partial charge in [0.05, 0.1) is 22.8 Å². The Balaban J connectivity index is 1.60. The van der Waals surface area contributed by atoms with Crippen LogP contribution in [0.5, 0.6) is 0 Å². The van der Waals surface area contributed by atoms with E-state index in [-0.39, 0.29) is 11.5 Å². The molecule has 0 fully saturated rings. The van der Waals surface area contributed by atoms with Crippen molar-refractivity contribution >= 4 is 35.3 Å². The molecule has 3 aromatic rings. The molecule has 0 unspecified atom stereocenters. The molecule has 1 aliphatic heterocycles. The lowest BCUT2D eigenvalue weighted by Crippen LogP contribution is -2.10. The molecule has 0 spiro atoms. The van der Waals surface area contributed by atoms with Crippen molar-refractivity contribution in [3.63, 3.8) is 0 Å². The standard InChI is InChI=1S/C25H20ClNO5/c1-15(2)14-30-24(28)19-12-17(8-10-21(19)26)22-11-9-18(31-22)13-20-23(27-32-25(20)29)16-6-4-3-5-7-16/h3-13,15H,14H2,1-2H3. The summed E-state index contributed by atoms with van der Waals surface area (Å²) in [5.41, 5.74) is 2.42. The maximum Gasteiger partial charge on any atom is 0.368 e.